The van der Waals surface area contributed by atoms with E-state index >= 15 is 0 Å². The van der Waals surface area contributed by atoms with Crippen LogP contribution in [0.3, 0.4) is 0 Å². The number of benzene rings is 5. The zero-order valence-electron chi connectivity index (χ0n) is 19.8. The van der Waals surface area contributed by atoms with Crippen LogP contribution in [0.1, 0.15) is 5.82 Å². The smallest absolute Gasteiger partial charge is 0.111 e. The van der Waals surface area contributed by atoms with E-state index in [4.69, 9.17) is 4.98 Å². The SMILES string of the molecule is Cc1nc2cccc3c2n1-c1ccc(-n2c4ccccc4c4ccccc42)cc1N3c1ccccc1. The van der Waals surface area contributed by atoms with Crippen LogP contribution in [0.2, 0.25) is 0 Å². The summed E-state index contributed by atoms with van der Waals surface area (Å²) in [5.41, 5.74) is 10.3. The fourth-order valence-electron chi connectivity index (χ4n) is 5.90. The molecular weight excluding hydrogens is 440 g/mol. The molecule has 1 aliphatic rings. The van der Waals surface area contributed by atoms with Gasteiger partial charge in [-0.25, -0.2) is 4.98 Å². The summed E-state index contributed by atoms with van der Waals surface area (Å²) >= 11 is 0. The number of aromatic nitrogens is 3. The molecule has 7 aromatic rings. The van der Waals surface area contributed by atoms with Gasteiger partial charge in [0.25, 0.3) is 0 Å². The maximum atomic E-state index is 4.90. The monoisotopic (exact) mass is 462 g/mol. The fraction of sp³-hybridized carbons (Fsp3) is 0.0312. The van der Waals surface area contributed by atoms with Crippen LogP contribution in [-0.4, -0.2) is 14.1 Å². The van der Waals surface area contributed by atoms with Crippen molar-refractivity contribution < 1.29 is 0 Å². The number of para-hydroxylation sites is 4. The Morgan fingerprint density at radius 2 is 1.22 bits per heavy atom. The second-order valence-electron chi connectivity index (χ2n) is 9.35. The number of aryl methyl sites for hydroxylation is 1. The first-order valence-corrected chi connectivity index (χ1v) is 12.3. The molecule has 0 fully saturated rings. The van der Waals surface area contributed by atoms with Crippen LogP contribution in [0.5, 0.6) is 0 Å². The quantitative estimate of drug-likeness (QED) is 0.259. The minimum atomic E-state index is 0.996. The lowest BCUT2D eigenvalue weighted by Gasteiger charge is -2.33. The van der Waals surface area contributed by atoms with Gasteiger partial charge in [-0.05, 0) is 61.5 Å². The summed E-state index contributed by atoms with van der Waals surface area (Å²) in [4.78, 5) is 7.27. The number of fused-ring (bicyclic) bond motifs is 5. The van der Waals surface area contributed by atoms with Gasteiger partial charge in [-0.1, -0.05) is 60.7 Å². The Hall–Kier alpha value is -4.83. The molecular formula is C32H22N4. The molecule has 4 nitrogen and oxygen atoms in total. The summed E-state index contributed by atoms with van der Waals surface area (Å²) in [6, 6.07) is 41.1. The summed E-state index contributed by atoms with van der Waals surface area (Å²) in [5.74, 6) is 0.996. The number of hydrogen-bond acceptors (Lipinski definition) is 2. The molecule has 5 aromatic carbocycles. The highest BCUT2D eigenvalue weighted by atomic mass is 15.2. The maximum absolute atomic E-state index is 4.90. The molecule has 8 rings (SSSR count). The molecule has 1 aliphatic heterocycles. The van der Waals surface area contributed by atoms with Gasteiger partial charge in [0.1, 0.15) is 5.82 Å². The summed E-state index contributed by atoms with van der Waals surface area (Å²) in [5, 5.41) is 2.53. The minimum Gasteiger partial charge on any atom is -0.309 e. The largest absolute Gasteiger partial charge is 0.309 e. The second-order valence-corrected chi connectivity index (χ2v) is 9.35. The van der Waals surface area contributed by atoms with E-state index in [0.29, 0.717) is 0 Å². The van der Waals surface area contributed by atoms with Gasteiger partial charge < -0.3 is 9.47 Å². The molecule has 0 atom stereocenters. The van der Waals surface area contributed by atoms with Crippen molar-refractivity contribution in [2.45, 2.75) is 6.92 Å². The van der Waals surface area contributed by atoms with Gasteiger partial charge in [-0.3, -0.25) is 4.57 Å². The number of imidazole rings is 1. The molecule has 0 spiro atoms. The van der Waals surface area contributed by atoms with Crippen molar-refractivity contribution >= 4 is 49.9 Å². The third-order valence-corrected chi connectivity index (χ3v) is 7.36. The standard InChI is InChI=1S/C32H22N4/c1-21-33-26-14-9-17-30-32(26)34(21)29-19-18-23(20-31(29)35(30)22-10-3-2-4-11-22)36-27-15-7-5-12-24(27)25-13-6-8-16-28(25)36/h2-20H,1H3. The number of nitrogens with zero attached hydrogens (tertiary/aromatic N) is 4. The topological polar surface area (TPSA) is 26.0 Å². The fourth-order valence-corrected chi connectivity index (χ4v) is 5.90. The number of rotatable bonds is 2. The highest BCUT2D eigenvalue weighted by molar-refractivity contribution is 6.09. The van der Waals surface area contributed by atoms with Crippen LogP contribution in [0.4, 0.5) is 17.1 Å². The normalized spacial score (nSPS) is 12.5. The highest BCUT2D eigenvalue weighted by Crippen LogP contribution is 2.47. The van der Waals surface area contributed by atoms with E-state index in [1.807, 2.05) is 0 Å². The van der Waals surface area contributed by atoms with Crippen LogP contribution in [0, 0.1) is 6.92 Å². The van der Waals surface area contributed by atoms with Crippen molar-refractivity contribution in [3.05, 3.63) is 121 Å². The second kappa shape index (κ2) is 7.09. The Labute approximate surface area is 208 Å². The lowest BCUT2D eigenvalue weighted by atomic mass is 10.1. The number of hydrogen-bond donors (Lipinski definition) is 0. The highest BCUT2D eigenvalue weighted by Gasteiger charge is 2.28. The van der Waals surface area contributed by atoms with E-state index in [1.54, 1.807) is 0 Å². The first-order chi connectivity index (χ1) is 17.8. The molecule has 2 aromatic heterocycles. The summed E-state index contributed by atoms with van der Waals surface area (Å²) in [6.07, 6.45) is 0. The van der Waals surface area contributed by atoms with Gasteiger partial charge in [-0.2, -0.15) is 0 Å². The van der Waals surface area contributed by atoms with Crippen molar-refractivity contribution in [3.8, 4) is 11.4 Å². The van der Waals surface area contributed by atoms with Crippen LogP contribution in [-0.2, 0) is 0 Å². The molecule has 36 heavy (non-hydrogen) atoms. The van der Waals surface area contributed by atoms with Crippen LogP contribution in [0.25, 0.3) is 44.2 Å². The van der Waals surface area contributed by atoms with E-state index in [9.17, 15) is 0 Å². The average Bonchev–Trinajstić information content (AvgIpc) is 3.45. The zero-order valence-corrected chi connectivity index (χ0v) is 19.8. The molecule has 0 unspecified atom stereocenters. The first kappa shape index (κ1) is 19.5. The molecule has 0 bridgehead atoms. The van der Waals surface area contributed by atoms with E-state index in [0.717, 1.165) is 45.3 Å². The van der Waals surface area contributed by atoms with Gasteiger partial charge in [0.15, 0.2) is 0 Å². The number of anilines is 3. The van der Waals surface area contributed by atoms with E-state index in [2.05, 4.69) is 136 Å². The maximum Gasteiger partial charge on any atom is 0.111 e. The summed E-state index contributed by atoms with van der Waals surface area (Å²) < 4.78 is 4.68. The molecule has 4 heteroatoms. The van der Waals surface area contributed by atoms with Gasteiger partial charge in [0.05, 0.1) is 39.1 Å². The van der Waals surface area contributed by atoms with Crippen LogP contribution < -0.4 is 4.90 Å². The summed E-state index contributed by atoms with van der Waals surface area (Å²) in [6.45, 7) is 2.09. The van der Waals surface area contributed by atoms with Crippen molar-refractivity contribution in [1.29, 1.82) is 0 Å². The van der Waals surface area contributed by atoms with E-state index in [-0.39, 0.29) is 0 Å². The molecule has 0 radical (unpaired) electrons. The van der Waals surface area contributed by atoms with Crippen molar-refractivity contribution in [3.63, 3.8) is 0 Å². The average molecular weight is 463 g/mol. The van der Waals surface area contributed by atoms with Crippen LogP contribution >= 0.6 is 0 Å². The molecule has 0 N–H and O–H groups in total. The Bertz CT molecular complexity index is 1910. The van der Waals surface area contributed by atoms with Gasteiger partial charge >= 0.3 is 0 Å². The third-order valence-electron chi connectivity index (χ3n) is 7.36. The zero-order chi connectivity index (χ0) is 23.8. The van der Waals surface area contributed by atoms with Crippen molar-refractivity contribution in [2.75, 3.05) is 4.90 Å². The minimum absolute atomic E-state index is 0.996. The lowest BCUT2D eigenvalue weighted by molar-refractivity contribution is 0.979. The molecule has 170 valence electrons. The van der Waals surface area contributed by atoms with Gasteiger partial charge in [-0.15, -0.1) is 0 Å². The molecule has 3 heterocycles. The van der Waals surface area contributed by atoms with Gasteiger partial charge in [0.2, 0.25) is 0 Å². The Morgan fingerprint density at radius 3 is 1.97 bits per heavy atom. The molecule has 0 amide bonds. The molecule has 0 saturated heterocycles. The predicted molar refractivity (Wildman–Crippen MR) is 148 cm³/mol. The van der Waals surface area contributed by atoms with Gasteiger partial charge in [0, 0.05) is 22.1 Å². The van der Waals surface area contributed by atoms with Crippen molar-refractivity contribution in [2.24, 2.45) is 0 Å². The summed E-state index contributed by atoms with van der Waals surface area (Å²) in [7, 11) is 0. The van der Waals surface area contributed by atoms with E-state index in [1.165, 1.54) is 21.8 Å². The van der Waals surface area contributed by atoms with Crippen molar-refractivity contribution in [1.82, 2.24) is 14.1 Å². The van der Waals surface area contributed by atoms with Crippen LogP contribution in [0.15, 0.2) is 115 Å². The molecule has 0 saturated carbocycles. The Balaban J connectivity index is 1.48. The van der Waals surface area contributed by atoms with E-state index < -0.39 is 0 Å². The predicted octanol–water partition coefficient (Wildman–Crippen LogP) is 8.21. The Morgan fingerprint density at radius 1 is 0.528 bits per heavy atom. The Kier molecular flexibility index (Phi) is 3.84. The molecule has 0 aliphatic carbocycles. The first-order valence-electron chi connectivity index (χ1n) is 12.3. The third kappa shape index (κ3) is 2.50. The lowest BCUT2D eigenvalue weighted by Crippen LogP contribution is -2.19.